The predicted octanol–water partition coefficient (Wildman–Crippen LogP) is 1.75. The average Bonchev–Trinajstić information content (AvgIpc) is 2.90. The van der Waals surface area contributed by atoms with Crippen molar-refractivity contribution in [1.29, 1.82) is 0 Å². The first kappa shape index (κ1) is 27.8. The number of benzene rings is 3. The van der Waals surface area contributed by atoms with Crippen LogP contribution in [-0.2, 0) is 34.4 Å². The molecule has 204 valence electrons. The van der Waals surface area contributed by atoms with E-state index >= 15 is 0 Å². The van der Waals surface area contributed by atoms with Gasteiger partial charge in [0.2, 0.25) is 10.0 Å². The van der Waals surface area contributed by atoms with Crippen LogP contribution < -0.4 is 19.9 Å². The van der Waals surface area contributed by atoms with E-state index in [0.29, 0.717) is 54.3 Å². The van der Waals surface area contributed by atoms with E-state index in [2.05, 4.69) is 5.32 Å². The lowest BCUT2D eigenvalue weighted by atomic mass is 10.1. The molecule has 0 saturated carbocycles. The van der Waals surface area contributed by atoms with Gasteiger partial charge < -0.3 is 34.8 Å². The van der Waals surface area contributed by atoms with Crippen molar-refractivity contribution >= 4 is 10.0 Å². The van der Waals surface area contributed by atoms with Gasteiger partial charge in [-0.15, -0.1) is 0 Å². The number of fused-ring (bicyclic) bond motifs is 1. The molecule has 0 spiro atoms. The number of rotatable bonds is 12. The van der Waals surface area contributed by atoms with E-state index in [4.69, 9.17) is 19.3 Å². The SMILES string of the molecule is NS(=O)(=O)c1cccc(COC[C@@H]2COc3ccc(CCNC[C@@H](O)c4ccc(O)c(CO)c4)cc3O2)c1. The van der Waals surface area contributed by atoms with Crippen molar-refractivity contribution in [3.05, 3.63) is 82.9 Å². The largest absolute Gasteiger partial charge is 0.508 e. The third-order valence-corrected chi connectivity index (χ3v) is 7.02. The fraction of sp³-hybridized carbons (Fsp3) is 0.333. The van der Waals surface area contributed by atoms with Crippen LogP contribution in [0.4, 0.5) is 0 Å². The maximum Gasteiger partial charge on any atom is 0.238 e. The van der Waals surface area contributed by atoms with E-state index in [1.807, 2.05) is 18.2 Å². The first-order chi connectivity index (χ1) is 18.2. The van der Waals surface area contributed by atoms with E-state index < -0.39 is 16.1 Å². The molecule has 10 nitrogen and oxygen atoms in total. The summed E-state index contributed by atoms with van der Waals surface area (Å²) in [6.45, 7) is 1.44. The van der Waals surface area contributed by atoms with Crippen molar-refractivity contribution in [3.8, 4) is 17.2 Å². The highest BCUT2D eigenvalue weighted by Gasteiger charge is 2.22. The molecule has 1 heterocycles. The Kier molecular flexibility index (Phi) is 9.21. The molecule has 1 aliphatic heterocycles. The molecule has 0 aromatic heterocycles. The number of nitrogens with two attached hydrogens (primary N) is 1. The number of nitrogens with one attached hydrogen (secondary N) is 1. The van der Waals surface area contributed by atoms with Crippen LogP contribution in [0.1, 0.15) is 28.4 Å². The van der Waals surface area contributed by atoms with Gasteiger partial charge in [0.05, 0.1) is 30.8 Å². The van der Waals surface area contributed by atoms with Gasteiger partial charge in [0.15, 0.2) is 17.6 Å². The topological polar surface area (TPSA) is 161 Å². The Morgan fingerprint density at radius 2 is 1.92 bits per heavy atom. The lowest BCUT2D eigenvalue weighted by Gasteiger charge is -2.27. The number of phenols is 1. The lowest BCUT2D eigenvalue weighted by molar-refractivity contribution is 0.00262. The van der Waals surface area contributed by atoms with Gasteiger partial charge in [-0.3, -0.25) is 0 Å². The maximum atomic E-state index is 11.5. The lowest BCUT2D eigenvalue weighted by Crippen LogP contribution is -2.33. The Labute approximate surface area is 221 Å². The normalized spacial score (nSPS) is 15.8. The smallest absolute Gasteiger partial charge is 0.238 e. The molecular formula is C27H32N2O8S. The molecular weight excluding hydrogens is 512 g/mol. The molecule has 3 aromatic carbocycles. The number of aromatic hydroxyl groups is 1. The fourth-order valence-corrected chi connectivity index (χ4v) is 4.63. The first-order valence-corrected chi connectivity index (χ1v) is 13.7. The van der Waals surface area contributed by atoms with E-state index in [9.17, 15) is 23.7 Å². The van der Waals surface area contributed by atoms with Crippen LogP contribution in [0.2, 0.25) is 0 Å². The van der Waals surface area contributed by atoms with Crippen molar-refractivity contribution in [2.45, 2.75) is 36.7 Å². The van der Waals surface area contributed by atoms with Gasteiger partial charge in [-0.05, 0) is 66.1 Å². The maximum absolute atomic E-state index is 11.5. The summed E-state index contributed by atoms with van der Waals surface area (Å²) in [6.07, 6.45) is -0.395. The highest BCUT2D eigenvalue weighted by atomic mass is 32.2. The molecule has 4 rings (SSSR count). The molecule has 1 aliphatic rings. The highest BCUT2D eigenvalue weighted by molar-refractivity contribution is 7.89. The van der Waals surface area contributed by atoms with Crippen LogP contribution in [0.25, 0.3) is 0 Å². The zero-order chi connectivity index (χ0) is 27.1. The number of ether oxygens (including phenoxy) is 3. The molecule has 0 saturated heterocycles. The van der Waals surface area contributed by atoms with Gasteiger partial charge in [-0.1, -0.05) is 24.3 Å². The molecule has 0 bridgehead atoms. The van der Waals surface area contributed by atoms with Crippen molar-refractivity contribution in [1.82, 2.24) is 5.32 Å². The van der Waals surface area contributed by atoms with Gasteiger partial charge >= 0.3 is 0 Å². The number of aliphatic hydroxyl groups excluding tert-OH is 2. The number of hydrogen-bond donors (Lipinski definition) is 5. The molecule has 0 radical (unpaired) electrons. The summed E-state index contributed by atoms with van der Waals surface area (Å²) in [5, 5.41) is 37.8. The summed E-state index contributed by atoms with van der Waals surface area (Å²) in [7, 11) is -3.77. The molecule has 2 atom stereocenters. The van der Waals surface area contributed by atoms with Crippen molar-refractivity contribution in [3.63, 3.8) is 0 Å². The van der Waals surface area contributed by atoms with Gasteiger partial charge in [0, 0.05) is 12.1 Å². The Hall–Kier alpha value is -3.19. The summed E-state index contributed by atoms with van der Waals surface area (Å²) in [5.74, 6) is 1.28. The summed E-state index contributed by atoms with van der Waals surface area (Å²) < 4.78 is 40.6. The number of hydrogen-bond acceptors (Lipinski definition) is 9. The molecule has 38 heavy (non-hydrogen) atoms. The second kappa shape index (κ2) is 12.6. The second-order valence-electron chi connectivity index (χ2n) is 9.06. The zero-order valence-corrected chi connectivity index (χ0v) is 21.6. The van der Waals surface area contributed by atoms with Crippen LogP contribution in [0, 0.1) is 0 Å². The first-order valence-electron chi connectivity index (χ1n) is 12.2. The molecule has 11 heteroatoms. The second-order valence-corrected chi connectivity index (χ2v) is 10.6. The number of primary sulfonamides is 1. The zero-order valence-electron chi connectivity index (χ0n) is 20.7. The van der Waals surface area contributed by atoms with Gasteiger partial charge in [-0.2, -0.15) is 0 Å². The molecule has 0 unspecified atom stereocenters. The molecule has 6 N–H and O–H groups in total. The Morgan fingerprint density at radius 1 is 1.08 bits per heavy atom. The summed E-state index contributed by atoms with van der Waals surface area (Å²) in [4.78, 5) is 0.0393. The van der Waals surface area contributed by atoms with Crippen molar-refractivity contribution in [2.24, 2.45) is 5.14 Å². The van der Waals surface area contributed by atoms with E-state index in [1.54, 1.807) is 24.3 Å². The average molecular weight is 545 g/mol. The minimum absolute atomic E-state index is 0.00116. The van der Waals surface area contributed by atoms with Gasteiger partial charge in [0.1, 0.15) is 12.4 Å². The molecule has 0 fully saturated rings. The van der Waals surface area contributed by atoms with Gasteiger partial charge in [0.25, 0.3) is 0 Å². The molecule has 0 amide bonds. The van der Waals surface area contributed by atoms with Crippen molar-refractivity contribution < 1.29 is 37.9 Å². The molecule has 3 aromatic rings. The van der Waals surface area contributed by atoms with Crippen LogP contribution in [0.15, 0.2) is 65.6 Å². The predicted molar refractivity (Wildman–Crippen MR) is 139 cm³/mol. The summed E-state index contributed by atoms with van der Waals surface area (Å²) >= 11 is 0. The van der Waals surface area contributed by atoms with E-state index in [1.165, 1.54) is 18.2 Å². The number of sulfonamides is 1. The van der Waals surface area contributed by atoms with E-state index in [0.717, 1.165) is 5.56 Å². The van der Waals surface area contributed by atoms with Crippen LogP contribution in [-0.4, -0.2) is 56.1 Å². The molecule has 0 aliphatic carbocycles. The Morgan fingerprint density at radius 3 is 2.71 bits per heavy atom. The minimum Gasteiger partial charge on any atom is -0.508 e. The summed E-state index contributed by atoms with van der Waals surface area (Å²) in [6, 6.07) is 16.7. The van der Waals surface area contributed by atoms with Gasteiger partial charge in [-0.25, -0.2) is 13.6 Å². The van der Waals surface area contributed by atoms with Crippen LogP contribution in [0.5, 0.6) is 17.2 Å². The third-order valence-electron chi connectivity index (χ3n) is 6.11. The standard InChI is InChI=1S/C27H32N2O8S/c28-38(33,34)23-3-1-2-19(10-23)15-35-16-22-17-36-26-7-4-18(11-27(26)37-22)8-9-29-13-25(32)20-5-6-24(31)21(12-20)14-30/h1-7,10-12,22,25,29-32H,8-9,13-17H2,(H2,28,33,34)/t22-,25-/m1/s1. The van der Waals surface area contributed by atoms with Crippen LogP contribution >= 0.6 is 0 Å². The quantitative estimate of drug-likeness (QED) is 0.214. The number of aliphatic hydroxyl groups is 2. The Bertz CT molecular complexity index is 1350. The van der Waals surface area contributed by atoms with Crippen LogP contribution in [0.3, 0.4) is 0 Å². The monoisotopic (exact) mass is 544 g/mol. The Balaban J connectivity index is 1.23. The highest BCUT2D eigenvalue weighted by Crippen LogP contribution is 2.33. The van der Waals surface area contributed by atoms with E-state index in [-0.39, 0.29) is 36.6 Å². The van der Waals surface area contributed by atoms with Crippen molar-refractivity contribution in [2.75, 3.05) is 26.3 Å². The fourth-order valence-electron chi connectivity index (χ4n) is 4.05. The summed E-state index contributed by atoms with van der Waals surface area (Å²) in [5.41, 5.74) is 2.71. The minimum atomic E-state index is -3.77. The third kappa shape index (κ3) is 7.44.